The van der Waals surface area contributed by atoms with Crippen molar-refractivity contribution in [2.75, 3.05) is 11.9 Å². The lowest BCUT2D eigenvalue weighted by molar-refractivity contribution is 0.171. The molecule has 2 aromatic rings. The molecule has 0 saturated carbocycles. The predicted octanol–water partition coefficient (Wildman–Crippen LogP) is 3.32. The van der Waals surface area contributed by atoms with E-state index in [1.54, 1.807) is 0 Å². The number of anilines is 1. The Labute approximate surface area is 121 Å². The molecule has 1 atom stereocenters. The highest BCUT2D eigenvalue weighted by molar-refractivity contribution is 6.33. The zero-order valence-corrected chi connectivity index (χ0v) is 11.6. The summed E-state index contributed by atoms with van der Waals surface area (Å²) < 4.78 is 0. The van der Waals surface area contributed by atoms with Crippen molar-refractivity contribution in [2.45, 2.75) is 12.5 Å². The summed E-state index contributed by atoms with van der Waals surface area (Å²) in [5, 5.41) is 13.5. The number of aliphatic hydroxyl groups is 1. The van der Waals surface area contributed by atoms with Crippen LogP contribution < -0.4 is 5.32 Å². The second-order valence-electron chi connectivity index (χ2n) is 3.98. The van der Waals surface area contributed by atoms with Gasteiger partial charge in [0.05, 0.1) is 6.10 Å². The average Bonchev–Trinajstić information content (AvgIpc) is 2.38. The largest absolute Gasteiger partial charge is 0.388 e. The van der Waals surface area contributed by atoms with Gasteiger partial charge in [-0.3, -0.25) is 0 Å². The molecule has 0 aliphatic heterocycles. The summed E-state index contributed by atoms with van der Waals surface area (Å²) >= 11 is 11.5. The second-order valence-corrected chi connectivity index (χ2v) is 4.75. The Morgan fingerprint density at radius 2 is 1.74 bits per heavy atom. The number of nitrogens with zero attached hydrogens (tertiary/aromatic N) is 2. The Bertz CT molecular complexity index is 516. The van der Waals surface area contributed by atoms with Crippen LogP contribution in [-0.2, 0) is 0 Å². The number of nitrogens with one attached hydrogen (secondary N) is 1. The Morgan fingerprint density at radius 3 is 2.37 bits per heavy atom. The van der Waals surface area contributed by atoms with Crippen LogP contribution in [0.2, 0.25) is 10.3 Å². The number of benzene rings is 1. The third-order valence-corrected chi connectivity index (χ3v) is 2.94. The predicted molar refractivity (Wildman–Crippen MR) is 76.6 cm³/mol. The first-order valence-electron chi connectivity index (χ1n) is 5.82. The van der Waals surface area contributed by atoms with Crippen LogP contribution in [0.25, 0.3) is 0 Å². The van der Waals surface area contributed by atoms with Crippen LogP contribution in [0.15, 0.2) is 36.4 Å². The third-order valence-electron chi connectivity index (χ3n) is 2.55. The molecule has 1 aromatic heterocycles. The van der Waals surface area contributed by atoms with Gasteiger partial charge in [0.1, 0.15) is 10.3 Å². The molecule has 1 heterocycles. The van der Waals surface area contributed by atoms with Crippen molar-refractivity contribution >= 4 is 29.2 Å². The van der Waals surface area contributed by atoms with Gasteiger partial charge in [-0.25, -0.2) is 9.97 Å². The number of halogens is 2. The van der Waals surface area contributed by atoms with Crippen LogP contribution in [0.4, 0.5) is 5.95 Å². The summed E-state index contributed by atoms with van der Waals surface area (Å²) in [5.41, 5.74) is 0.884. The van der Waals surface area contributed by atoms with Crippen molar-refractivity contribution in [3.05, 3.63) is 52.3 Å². The summed E-state index contributed by atoms with van der Waals surface area (Å²) in [4.78, 5) is 7.96. The molecule has 2 N–H and O–H groups in total. The van der Waals surface area contributed by atoms with Gasteiger partial charge in [0.15, 0.2) is 0 Å². The first kappa shape index (κ1) is 14.1. The van der Waals surface area contributed by atoms with E-state index in [-0.39, 0.29) is 10.3 Å². The summed E-state index contributed by atoms with van der Waals surface area (Å²) in [6.45, 7) is 0.521. The molecule has 0 amide bonds. The van der Waals surface area contributed by atoms with Gasteiger partial charge in [-0.2, -0.15) is 0 Å². The lowest BCUT2D eigenvalue weighted by Crippen LogP contribution is -2.09. The van der Waals surface area contributed by atoms with Crippen molar-refractivity contribution in [3.63, 3.8) is 0 Å². The molecule has 0 spiro atoms. The minimum atomic E-state index is -0.525. The van der Waals surface area contributed by atoms with E-state index in [2.05, 4.69) is 15.3 Å². The van der Waals surface area contributed by atoms with Crippen molar-refractivity contribution in [1.29, 1.82) is 0 Å². The molecule has 6 heteroatoms. The summed E-state index contributed by atoms with van der Waals surface area (Å²) in [6, 6.07) is 10.9. The maximum absolute atomic E-state index is 9.97. The van der Waals surface area contributed by atoms with Crippen molar-refractivity contribution in [1.82, 2.24) is 9.97 Å². The number of hydrogen-bond donors (Lipinski definition) is 2. The third kappa shape index (κ3) is 4.35. The summed E-state index contributed by atoms with van der Waals surface area (Å²) in [5.74, 6) is 0.359. The first-order chi connectivity index (χ1) is 9.15. The van der Waals surface area contributed by atoms with Gasteiger partial charge in [0.2, 0.25) is 5.95 Å². The van der Waals surface area contributed by atoms with E-state index in [0.717, 1.165) is 5.56 Å². The molecule has 100 valence electrons. The van der Waals surface area contributed by atoms with E-state index in [0.29, 0.717) is 18.9 Å². The molecular formula is C13H13Cl2N3O. The van der Waals surface area contributed by atoms with E-state index in [4.69, 9.17) is 23.2 Å². The molecule has 2 rings (SSSR count). The van der Waals surface area contributed by atoms with Gasteiger partial charge in [0.25, 0.3) is 0 Å². The van der Waals surface area contributed by atoms with Crippen molar-refractivity contribution in [2.24, 2.45) is 0 Å². The standard InChI is InChI=1S/C13H13Cl2N3O/c14-11-8-12(15)18-13(17-11)16-7-6-10(19)9-4-2-1-3-5-9/h1-5,8,10,19H,6-7H2,(H,16,17,18). The fraction of sp³-hybridized carbons (Fsp3) is 0.231. The summed E-state index contributed by atoms with van der Waals surface area (Å²) in [6.07, 6.45) is 0.0145. The topological polar surface area (TPSA) is 58.0 Å². The number of hydrogen-bond acceptors (Lipinski definition) is 4. The van der Waals surface area contributed by atoms with Crippen LogP contribution in [0.1, 0.15) is 18.1 Å². The van der Waals surface area contributed by atoms with Crippen molar-refractivity contribution < 1.29 is 5.11 Å². The number of aromatic nitrogens is 2. The van der Waals surface area contributed by atoms with Gasteiger partial charge in [-0.15, -0.1) is 0 Å². The van der Waals surface area contributed by atoms with Gasteiger partial charge >= 0.3 is 0 Å². The Hall–Kier alpha value is -1.36. The monoisotopic (exact) mass is 297 g/mol. The minimum absolute atomic E-state index is 0.283. The second kappa shape index (κ2) is 6.70. The molecule has 4 nitrogen and oxygen atoms in total. The van der Waals surface area contributed by atoms with Crippen LogP contribution in [0, 0.1) is 0 Å². The highest BCUT2D eigenvalue weighted by Gasteiger charge is 2.07. The Balaban J connectivity index is 1.86. The highest BCUT2D eigenvalue weighted by atomic mass is 35.5. The fourth-order valence-electron chi connectivity index (χ4n) is 1.63. The van der Waals surface area contributed by atoms with Gasteiger partial charge in [0, 0.05) is 12.6 Å². The molecule has 19 heavy (non-hydrogen) atoms. The van der Waals surface area contributed by atoms with Crippen LogP contribution in [0.3, 0.4) is 0 Å². The van der Waals surface area contributed by atoms with Gasteiger partial charge in [-0.1, -0.05) is 53.5 Å². The van der Waals surface area contributed by atoms with Crippen LogP contribution >= 0.6 is 23.2 Å². The van der Waals surface area contributed by atoms with E-state index in [1.807, 2.05) is 30.3 Å². The van der Waals surface area contributed by atoms with E-state index in [9.17, 15) is 5.11 Å². The fourth-order valence-corrected chi connectivity index (χ4v) is 2.05. The molecule has 0 fully saturated rings. The van der Waals surface area contributed by atoms with E-state index in [1.165, 1.54) is 6.07 Å². The quantitative estimate of drug-likeness (QED) is 0.831. The molecule has 1 unspecified atom stereocenters. The van der Waals surface area contributed by atoms with Crippen LogP contribution in [0.5, 0.6) is 0 Å². The molecular weight excluding hydrogens is 285 g/mol. The molecule has 0 aliphatic carbocycles. The highest BCUT2D eigenvalue weighted by Crippen LogP contribution is 2.17. The number of rotatable bonds is 5. The average molecular weight is 298 g/mol. The summed E-state index contributed by atoms with van der Waals surface area (Å²) in [7, 11) is 0. The minimum Gasteiger partial charge on any atom is -0.388 e. The van der Waals surface area contributed by atoms with E-state index >= 15 is 0 Å². The Morgan fingerprint density at radius 1 is 1.11 bits per heavy atom. The lowest BCUT2D eigenvalue weighted by atomic mass is 10.1. The maximum Gasteiger partial charge on any atom is 0.225 e. The molecule has 0 radical (unpaired) electrons. The van der Waals surface area contributed by atoms with Crippen LogP contribution in [-0.4, -0.2) is 21.6 Å². The smallest absolute Gasteiger partial charge is 0.225 e. The van der Waals surface area contributed by atoms with Crippen molar-refractivity contribution in [3.8, 4) is 0 Å². The van der Waals surface area contributed by atoms with Gasteiger partial charge in [-0.05, 0) is 12.0 Å². The lowest BCUT2D eigenvalue weighted by Gasteiger charge is -2.11. The SMILES string of the molecule is OC(CCNc1nc(Cl)cc(Cl)n1)c1ccccc1. The van der Waals surface area contributed by atoms with Gasteiger partial charge < -0.3 is 10.4 Å². The molecule has 0 aliphatic rings. The zero-order chi connectivity index (χ0) is 13.7. The van der Waals surface area contributed by atoms with E-state index < -0.39 is 6.10 Å². The zero-order valence-electron chi connectivity index (χ0n) is 10.1. The Kier molecular flexibility index (Phi) is 4.96. The normalized spacial score (nSPS) is 12.2. The first-order valence-corrected chi connectivity index (χ1v) is 6.58. The molecule has 0 saturated heterocycles. The molecule has 1 aromatic carbocycles. The molecule has 0 bridgehead atoms. The number of aliphatic hydroxyl groups excluding tert-OH is 1. The maximum atomic E-state index is 9.97.